The monoisotopic (exact) mass is 490 g/mol. The lowest BCUT2D eigenvalue weighted by Crippen LogP contribution is -2.53. The van der Waals surface area contributed by atoms with Crippen LogP contribution in [0.1, 0.15) is 30.0 Å². The largest absolute Gasteiger partial charge is 0.384 e. The molecule has 0 bridgehead atoms. The quantitative estimate of drug-likeness (QED) is 0.517. The van der Waals surface area contributed by atoms with Gasteiger partial charge < -0.3 is 10.2 Å². The van der Waals surface area contributed by atoms with Crippen molar-refractivity contribution in [2.45, 2.75) is 24.6 Å². The van der Waals surface area contributed by atoms with Crippen LogP contribution in [0, 0.1) is 0 Å². The Morgan fingerprint density at radius 2 is 1.81 bits per heavy atom. The van der Waals surface area contributed by atoms with Crippen LogP contribution in [0.4, 0.5) is 4.39 Å². The van der Waals surface area contributed by atoms with Crippen LogP contribution in [-0.2, 0) is 16.1 Å². The van der Waals surface area contributed by atoms with Gasteiger partial charge in [0.2, 0.25) is 0 Å². The Balaban J connectivity index is 1.60. The van der Waals surface area contributed by atoms with Crippen LogP contribution in [-0.4, -0.2) is 18.8 Å². The SMILES string of the molecule is CC1(c2cc(Cl)c(Cl)c(Cl)c2)CC(c2ccc(C3(F)CNC3)c(Br)c2)=NO1. The zero-order valence-electron chi connectivity index (χ0n) is 14.3. The second-order valence-corrected chi connectivity index (χ2v) is 9.10. The smallest absolute Gasteiger partial charge is 0.165 e. The van der Waals surface area contributed by atoms with Gasteiger partial charge in [-0.05, 0) is 25.1 Å². The summed E-state index contributed by atoms with van der Waals surface area (Å²) in [6.45, 7) is 2.57. The fourth-order valence-corrected chi connectivity index (χ4v) is 4.63. The van der Waals surface area contributed by atoms with Gasteiger partial charge >= 0.3 is 0 Å². The number of oxime groups is 1. The molecule has 0 spiro atoms. The van der Waals surface area contributed by atoms with Crippen molar-refractivity contribution in [2.24, 2.45) is 5.16 Å². The van der Waals surface area contributed by atoms with Crippen LogP contribution >= 0.6 is 50.7 Å². The zero-order chi connectivity index (χ0) is 19.4. The molecule has 0 radical (unpaired) electrons. The van der Waals surface area contributed by atoms with E-state index in [0.717, 1.165) is 21.3 Å². The van der Waals surface area contributed by atoms with E-state index >= 15 is 0 Å². The molecule has 0 aliphatic carbocycles. The minimum Gasteiger partial charge on any atom is -0.384 e. The fraction of sp³-hybridized carbons (Fsp3) is 0.316. The highest BCUT2D eigenvalue weighted by atomic mass is 79.9. The summed E-state index contributed by atoms with van der Waals surface area (Å²) in [4.78, 5) is 5.74. The van der Waals surface area contributed by atoms with Crippen molar-refractivity contribution in [3.63, 3.8) is 0 Å². The number of rotatable bonds is 3. The van der Waals surface area contributed by atoms with Gasteiger partial charge in [-0.25, -0.2) is 4.39 Å². The number of alkyl halides is 1. The minimum absolute atomic E-state index is 0.315. The van der Waals surface area contributed by atoms with Crippen molar-refractivity contribution >= 4 is 56.4 Å². The molecule has 142 valence electrons. The lowest BCUT2D eigenvalue weighted by Gasteiger charge is -2.36. The van der Waals surface area contributed by atoms with Crippen LogP contribution < -0.4 is 5.32 Å². The van der Waals surface area contributed by atoms with Crippen molar-refractivity contribution in [2.75, 3.05) is 13.1 Å². The molecule has 1 unspecified atom stereocenters. The molecule has 2 aromatic carbocycles. The maximum atomic E-state index is 14.7. The van der Waals surface area contributed by atoms with E-state index in [2.05, 4.69) is 26.4 Å². The molecule has 1 saturated heterocycles. The molecule has 0 amide bonds. The number of hydrogen-bond donors (Lipinski definition) is 1. The van der Waals surface area contributed by atoms with Crippen LogP contribution in [0.25, 0.3) is 0 Å². The minimum atomic E-state index is -1.32. The third kappa shape index (κ3) is 3.38. The van der Waals surface area contributed by atoms with Gasteiger partial charge in [-0.2, -0.15) is 0 Å². The lowest BCUT2D eigenvalue weighted by molar-refractivity contribution is -0.00737. The van der Waals surface area contributed by atoms with Crippen molar-refractivity contribution in [3.05, 3.63) is 66.6 Å². The Morgan fingerprint density at radius 1 is 1.15 bits per heavy atom. The average molecular weight is 493 g/mol. The molecule has 0 saturated carbocycles. The first-order valence-corrected chi connectivity index (χ1v) is 10.2. The van der Waals surface area contributed by atoms with E-state index in [4.69, 9.17) is 39.6 Å². The first kappa shape index (κ1) is 19.5. The van der Waals surface area contributed by atoms with E-state index in [9.17, 15) is 4.39 Å². The van der Waals surface area contributed by atoms with Crippen LogP contribution in [0.2, 0.25) is 15.1 Å². The Hall–Kier alpha value is -0.850. The number of benzene rings is 2. The van der Waals surface area contributed by atoms with E-state index in [-0.39, 0.29) is 0 Å². The van der Waals surface area contributed by atoms with E-state index in [1.165, 1.54) is 0 Å². The van der Waals surface area contributed by atoms with Crippen LogP contribution in [0.5, 0.6) is 0 Å². The second-order valence-electron chi connectivity index (χ2n) is 7.05. The molecule has 1 N–H and O–H groups in total. The molecule has 27 heavy (non-hydrogen) atoms. The van der Waals surface area contributed by atoms with Crippen molar-refractivity contribution in [3.8, 4) is 0 Å². The second kappa shape index (κ2) is 6.89. The Kier molecular flexibility index (Phi) is 4.97. The van der Waals surface area contributed by atoms with Crippen LogP contribution in [0.15, 0.2) is 40.0 Å². The molecular weight excluding hydrogens is 477 g/mol. The molecule has 4 rings (SSSR count). The Morgan fingerprint density at radius 3 is 2.37 bits per heavy atom. The maximum Gasteiger partial charge on any atom is 0.165 e. The first-order valence-electron chi connectivity index (χ1n) is 8.32. The topological polar surface area (TPSA) is 33.6 Å². The molecule has 8 heteroatoms. The molecule has 2 aliphatic rings. The summed E-state index contributed by atoms with van der Waals surface area (Å²) < 4.78 is 15.4. The Labute approximate surface area is 179 Å². The van der Waals surface area contributed by atoms with Gasteiger partial charge in [-0.3, -0.25) is 0 Å². The Bertz CT molecular complexity index is 941. The van der Waals surface area contributed by atoms with Gasteiger partial charge in [0.1, 0.15) is 0 Å². The number of nitrogens with zero attached hydrogens (tertiary/aromatic N) is 1. The molecule has 1 fully saturated rings. The summed E-state index contributed by atoms with van der Waals surface area (Å²) in [6.07, 6.45) is 0.523. The summed E-state index contributed by atoms with van der Waals surface area (Å²) in [7, 11) is 0. The summed E-state index contributed by atoms with van der Waals surface area (Å²) in [5, 5.41) is 8.27. The van der Waals surface area contributed by atoms with Crippen molar-refractivity contribution < 1.29 is 9.23 Å². The van der Waals surface area contributed by atoms with E-state index in [0.29, 0.717) is 40.1 Å². The van der Waals surface area contributed by atoms with Gasteiger partial charge in [-0.1, -0.05) is 68.0 Å². The third-order valence-electron chi connectivity index (χ3n) is 5.05. The zero-order valence-corrected chi connectivity index (χ0v) is 18.1. The molecule has 2 aliphatic heterocycles. The van der Waals surface area contributed by atoms with Gasteiger partial charge in [0, 0.05) is 40.7 Å². The summed E-state index contributed by atoms with van der Waals surface area (Å²) >= 11 is 21.8. The van der Waals surface area contributed by atoms with Gasteiger partial charge in [-0.15, -0.1) is 0 Å². The molecule has 1 atom stereocenters. The molecular formula is C19H15BrCl3FN2O. The predicted octanol–water partition coefficient (Wildman–Crippen LogP) is 6.22. The highest BCUT2D eigenvalue weighted by Crippen LogP contribution is 2.42. The van der Waals surface area contributed by atoms with E-state index in [1.807, 2.05) is 19.1 Å². The summed E-state index contributed by atoms with van der Waals surface area (Å²) in [5.41, 5.74) is 1.04. The fourth-order valence-electron chi connectivity index (χ4n) is 3.30. The highest BCUT2D eigenvalue weighted by Gasteiger charge is 2.41. The first-order chi connectivity index (χ1) is 12.7. The summed E-state index contributed by atoms with van der Waals surface area (Å²) in [6, 6.07) is 9.03. The molecule has 2 aromatic rings. The van der Waals surface area contributed by atoms with E-state index in [1.54, 1.807) is 18.2 Å². The predicted molar refractivity (Wildman–Crippen MR) is 111 cm³/mol. The van der Waals surface area contributed by atoms with E-state index < -0.39 is 11.3 Å². The van der Waals surface area contributed by atoms with Gasteiger partial charge in [0.15, 0.2) is 11.3 Å². The standard InChI is InChI=1S/C19H15BrCl3FN2O/c1-18(11-5-14(21)17(23)15(22)6-11)7-16(26-27-18)10-2-3-12(13(20)4-10)19(24)8-25-9-19/h2-6,25H,7-9H2,1H3. The maximum absolute atomic E-state index is 14.7. The number of nitrogens with one attached hydrogen (secondary N) is 1. The number of halogens is 5. The normalized spacial score (nSPS) is 23.6. The molecule has 2 heterocycles. The molecule has 3 nitrogen and oxygen atoms in total. The van der Waals surface area contributed by atoms with Gasteiger partial charge in [0.05, 0.1) is 20.8 Å². The van der Waals surface area contributed by atoms with Crippen LogP contribution in [0.3, 0.4) is 0 Å². The average Bonchev–Trinajstić information content (AvgIpc) is 3.01. The van der Waals surface area contributed by atoms with Crippen molar-refractivity contribution in [1.82, 2.24) is 5.32 Å². The number of hydrogen-bond acceptors (Lipinski definition) is 3. The lowest BCUT2D eigenvalue weighted by atomic mass is 9.87. The highest BCUT2D eigenvalue weighted by molar-refractivity contribution is 9.10. The van der Waals surface area contributed by atoms with Crippen molar-refractivity contribution in [1.29, 1.82) is 0 Å². The summed E-state index contributed by atoms with van der Waals surface area (Å²) in [5.74, 6) is 0. The third-order valence-corrected chi connectivity index (χ3v) is 6.90. The van der Waals surface area contributed by atoms with Gasteiger partial charge in [0.25, 0.3) is 0 Å². The molecule has 0 aromatic heterocycles.